The summed E-state index contributed by atoms with van der Waals surface area (Å²) in [5.74, 6) is 0.465. The van der Waals surface area contributed by atoms with Crippen molar-refractivity contribution in [2.24, 2.45) is 0 Å². The third kappa shape index (κ3) is 12.2. The molecule has 0 radical (unpaired) electrons. The summed E-state index contributed by atoms with van der Waals surface area (Å²) >= 11 is 0. The topological polar surface area (TPSA) is 118 Å². The van der Waals surface area contributed by atoms with Gasteiger partial charge in [0.05, 0.1) is 44.2 Å². The number of ether oxygens (including phenoxy) is 5. The lowest BCUT2D eigenvalue weighted by Crippen LogP contribution is -2.11. The summed E-state index contributed by atoms with van der Waals surface area (Å²) in [6, 6.07) is 20.3. The van der Waals surface area contributed by atoms with E-state index >= 15 is 0 Å². The fourth-order valence-electron chi connectivity index (χ4n) is 4.24. The Balaban J connectivity index is 1.38. The molecule has 46 heavy (non-hydrogen) atoms. The van der Waals surface area contributed by atoms with Gasteiger partial charge in [-0.05, 0) is 111 Å². The molecule has 0 aliphatic rings. The largest absolute Gasteiger partial charge is 0.494 e. The van der Waals surface area contributed by atoms with Crippen LogP contribution >= 0.6 is 0 Å². The lowest BCUT2D eigenvalue weighted by atomic mass is 10.0. The number of aryl methyl sites for hydroxylation is 1. The van der Waals surface area contributed by atoms with Crippen LogP contribution in [0.2, 0.25) is 0 Å². The van der Waals surface area contributed by atoms with Gasteiger partial charge in [-0.3, -0.25) is 0 Å². The van der Waals surface area contributed by atoms with Gasteiger partial charge in [-0.1, -0.05) is 31.4 Å². The van der Waals surface area contributed by atoms with Gasteiger partial charge in [-0.2, -0.15) is 0 Å². The number of hydrogen-bond acceptors (Lipinski definition) is 9. The molecule has 0 aliphatic heterocycles. The standard InChI is InChI=1S/C37H42O9/c1-4-35(39)44-23-8-6-5-7-21-42-33-18-13-30(14-19-33)37(41)46-34-20-15-31(25-27(34)2)29-11-16-32(17-12-29)43-22-9-10-24-45-36(40)28(3)26-38/h4,11-20,25,38H,1,3,5-10,21-24,26H2,2H3. The minimum absolute atomic E-state index is 0.0402. The van der Waals surface area contributed by atoms with Crippen LogP contribution in [0.5, 0.6) is 17.2 Å². The lowest BCUT2D eigenvalue weighted by molar-refractivity contribution is -0.140. The van der Waals surface area contributed by atoms with E-state index in [2.05, 4.69) is 13.2 Å². The molecule has 0 aliphatic carbocycles. The highest BCUT2D eigenvalue weighted by Crippen LogP contribution is 2.28. The van der Waals surface area contributed by atoms with Crippen LogP contribution in [-0.2, 0) is 19.1 Å². The second-order valence-electron chi connectivity index (χ2n) is 10.5. The zero-order chi connectivity index (χ0) is 33.1. The molecule has 0 saturated heterocycles. The van der Waals surface area contributed by atoms with Crippen molar-refractivity contribution in [3.05, 3.63) is 103 Å². The van der Waals surface area contributed by atoms with Crippen LogP contribution in [0, 0.1) is 6.92 Å². The first kappa shape index (κ1) is 35.6. The van der Waals surface area contributed by atoms with Crippen molar-refractivity contribution < 1.29 is 43.2 Å². The molecule has 0 heterocycles. The molecular formula is C37H42O9. The van der Waals surface area contributed by atoms with Crippen LogP contribution in [0.4, 0.5) is 0 Å². The Morgan fingerprint density at radius 2 is 1.26 bits per heavy atom. The average molecular weight is 631 g/mol. The molecule has 0 fully saturated rings. The first-order chi connectivity index (χ1) is 22.3. The SMILES string of the molecule is C=CC(=O)OCCCCCCOc1ccc(C(=O)Oc2ccc(-c3ccc(OCCCCOC(=O)C(=C)CO)cc3)cc2C)cc1. The number of hydrogen-bond donors (Lipinski definition) is 1. The van der Waals surface area contributed by atoms with Gasteiger partial charge in [0, 0.05) is 6.08 Å². The number of carbonyl (C=O) groups excluding carboxylic acids is 3. The first-order valence-corrected chi connectivity index (χ1v) is 15.3. The molecule has 0 unspecified atom stereocenters. The van der Waals surface area contributed by atoms with Gasteiger partial charge in [0.2, 0.25) is 0 Å². The summed E-state index contributed by atoms with van der Waals surface area (Å²) in [6.45, 7) is 9.96. The quantitative estimate of drug-likeness (QED) is 0.0622. The number of aliphatic hydroxyl groups is 1. The van der Waals surface area contributed by atoms with Crippen LogP contribution in [0.1, 0.15) is 54.4 Å². The molecule has 0 spiro atoms. The number of rotatable bonds is 20. The molecule has 3 aromatic carbocycles. The third-order valence-corrected chi connectivity index (χ3v) is 6.89. The molecule has 3 rings (SSSR count). The number of benzene rings is 3. The summed E-state index contributed by atoms with van der Waals surface area (Å²) in [5, 5.41) is 8.87. The van der Waals surface area contributed by atoms with E-state index in [1.807, 2.05) is 43.3 Å². The molecule has 0 amide bonds. The predicted molar refractivity (Wildman–Crippen MR) is 175 cm³/mol. The van der Waals surface area contributed by atoms with Gasteiger partial charge >= 0.3 is 17.9 Å². The fraction of sp³-hybridized carbons (Fsp3) is 0.324. The summed E-state index contributed by atoms with van der Waals surface area (Å²) < 4.78 is 27.2. The van der Waals surface area contributed by atoms with Crippen LogP contribution in [-0.4, -0.2) is 56.0 Å². The Morgan fingerprint density at radius 3 is 1.87 bits per heavy atom. The van der Waals surface area contributed by atoms with Crippen molar-refractivity contribution in [2.75, 3.05) is 33.0 Å². The molecule has 9 nitrogen and oxygen atoms in total. The van der Waals surface area contributed by atoms with Gasteiger partial charge in [-0.15, -0.1) is 0 Å². The number of esters is 3. The third-order valence-electron chi connectivity index (χ3n) is 6.89. The molecular weight excluding hydrogens is 588 g/mol. The smallest absolute Gasteiger partial charge is 0.343 e. The van der Waals surface area contributed by atoms with E-state index < -0.39 is 24.5 Å². The van der Waals surface area contributed by atoms with E-state index in [0.29, 0.717) is 49.7 Å². The molecule has 3 aromatic rings. The summed E-state index contributed by atoms with van der Waals surface area (Å²) in [4.78, 5) is 35.3. The zero-order valence-corrected chi connectivity index (χ0v) is 26.3. The van der Waals surface area contributed by atoms with E-state index in [-0.39, 0.29) is 12.2 Å². The Morgan fingerprint density at radius 1 is 0.717 bits per heavy atom. The minimum Gasteiger partial charge on any atom is -0.494 e. The van der Waals surface area contributed by atoms with Crippen LogP contribution in [0.3, 0.4) is 0 Å². The number of aliphatic hydroxyl groups excluding tert-OH is 1. The average Bonchev–Trinajstić information content (AvgIpc) is 3.08. The minimum atomic E-state index is -0.583. The molecule has 0 atom stereocenters. The maximum absolute atomic E-state index is 12.8. The van der Waals surface area contributed by atoms with Crippen molar-refractivity contribution in [2.45, 2.75) is 45.4 Å². The highest BCUT2D eigenvalue weighted by Gasteiger charge is 2.12. The molecule has 0 aromatic heterocycles. The van der Waals surface area contributed by atoms with Crippen molar-refractivity contribution in [1.82, 2.24) is 0 Å². The molecule has 244 valence electrons. The molecule has 0 bridgehead atoms. The molecule has 1 N–H and O–H groups in total. The van der Waals surface area contributed by atoms with E-state index in [4.69, 9.17) is 28.8 Å². The predicted octanol–water partition coefficient (Wildman–Crippen LogP) is 6.80. The first-order valence-electron chi connectivity index (χ1n) is 15.3. The van der Waals surface area contributed by atoms with Crippen molar-refractivity contribution >= 4 is 17.9 Å². The van der Waals surface area contributed by atoms with Gasteiger partial charge < -0.3 is 28.8 Å². The van der Waals surface area contributed by atoms with E-state index in [1.165, 1.54) is 0 Å². The zero-order valence-electron chi connectivity index (χ0n) is 26.3. The maximum atomic E-state index is 12.8. The fourth-order valence-corrected chi connectivity index (χ4v) is 4.24. The van der Waals surface area contributed by atoms with E-state index in [9.17, 15) is 14.4 Å². The molecule has 9 heteroatoms. The Bertz CT molecular complexity index is 1440. The lowest BCUT2D eigenvalue weighted by Gasteiger charge is -2.11. The summed E-state index contributed by atoms with van der Waals surface area (Å²) in [5.41, 5.74) is 3.27. The van der Waals surface area contributed by atoms with Gasteiger partial charge in [0.1, 0.15) is 17.2 Å². The summed E-state index contributed by atoms with van der Waals surface area (Å²) in [7, 11) is 0. The maximum Gasteiger partial charge on any atom is 0.343 e. The molecule has 0 saturated carbocycles. The van der Waals surface area contributed by atoms with Gasteiger partial charge in [0.15, 0.2) is 0 Å². The number of unbranched alkanes of at least 4 members (excludes halogenated alkanes) is 4. The second kappa shape index (κ2) is 19.5. The van der Waals surface area contributed by atoms with E-state index in [1.54, 1.807) is 30.3 Å². The summed E-state index contributed by atoms with van der Waals surface area (Å²) in [6.07, 6.45) is 6.08. The number of carbonyl (C=O) groups is 3. The van der Waals surface area contributed by atoms with Gasteiger partial charge in [-0.25, -0.2) is 14.4 Å². The normalized spacial score (nSPS) is 10.5. The Kier molecular flexibility index (Phi) is 15.1. The van der Waals surface area contributed by atoms with Crippen LogP contribution < -0.4 is 14.2 Å². The highest BCUT2D eigenvalue weighted by molar-refractivity contribution is 5.91. The second-order valence-corrected chi connectivity index (χ2v) is 10.5. The van der Waals surface area contributed by atoms with Crippen molar-refractivity contribution in [3.8, 4) is 28.4 Å². The Labute approximate surface area is 270 Å². The van der Waals surface area contributed by atoms with Crippen molar-refractivity contribution in [3.63, 3.8) is 0 Å². The monoisotopic (exact) mass is 630 g/mol. The van der Waals surface area contributed by atoms with Gasteiger partial charge in [0.25, 0.3) is 0 Å². The Hall–Kier alpha value is -4.89. The van der Waals surface area contributed by atoms with Crippen molar-refractivity contribution in [1.29, 1.82) is 0 Å². The van der Waals surface area contributed by atoms with Crippen LogP contribution in [0.15, 0.2) is 91.5 Å². The van der Waals surface area contributed by atoms with E-state index in [0.717, 1.165) is 54.2 Å². The highest BCUT2D eigenvalue weighted by atomic mass is 16.5. The van der Waals surface area contributed by atoms with Crippen LogP contribution in [0.25, 0.3) is 11.1 Å².